The van der Waals surface area contributed by atoms with Crippen LogP contribution in [-0.2, 0) is 0 Å². The van der Waals surface area contributed by atoms with Crippen LogP contribution < -0.4 is 4.74 Å². The van der Waals surface area contributed by atoms with Gasteiger partial charge in [-0.25, -0.2) is 4.98 Å². The molecule has 8 heteroatoms. The van der Waals surface area contributed by atoms with Gasteiger partial charge in [0.1, 0.15) is 6.10 Å². The maximum Gasteiger partial charge on any atom is 0.391 e. The van der Waals surface area contributed by atoms with E-state index >= 15 is 0 Å². The topological polar surface area (TPSA) is 42.4 Å². The second-order valence-corrected chi connectivity index (χ2v) is 7.24. The molecule has 24 heavy (non-hydrogen) atoms. The zero-order chi connectivity index (χ0) is 17.2. The largest absolute Gasteiger partial charge is 0.473 e. The summed E-state index contributed by atoms with van der Waals surface area (Å²) in [6.45, 7) is 0.252. The van der Waals surface area contributed by atoms with Crippen molar-refractivity contribution in [2.75, 3.05) is 24.6 Å². The molecule has 0 N–H and O–H groups in total. The van der Waals surface area contributed by atoms with Crippen LogP contribution in [0.5, 0.6) is 5.88 Å². The standard InChI is InChI=1S/C16H19F3N2O2S/c17-16(18,19)12-2-6-21(7-3-12)15(22)11-1-5-20-14(9-11)23-13-4-8-24-10-13/h1,5,9,12-13H,2-4,6-8,10H2. The fourth-order valence-electron chi connectivity index (χ4n) is 2.98. The maximum absolute atomic E-state index is 12.7. The van der Waals surface area contributed by atoms with E-state index in [-0.39, 0.29) is 37.9 Å². The predicted octanol–water partition coefficient (Wildman–Crippen LogP) is 3.38. The fraction of sp³-hybridized carbons (Fsp3) is 0.625. The van der Waals surface area contributed by atoms with Crippen LogP contribution in [0.25, 0.3) is 0 Å². The molecule has 132 valence electrons. The monoisotopic (exact) mass is 360 g/mol. The molecular formula is C16H19F3N2O2S. The summed E-state index contributed by atoms with van der Waals surface area (Å²) in [4.78, 5) is 18.1. The highest BCUT2D eigenvalue weighted by atomic mass is 32.2. The summed E-state index contributed by atoms with van der Waals surface area (Å²) in [5.74, 6) is 0.794. The molecule has 1 aromatic heterocycles. The van der Waals surface area contributed by atoms with E-state index in [1.165, 1.54) is 11.1 Å². The van der Waals surface area contributed by atoms with Crippen molar-refractivity contribution in [3.63, 3.8) is 0 Å². The first-order valence-electron chi connectivity index (χ1n) is 8.00. The number of pyridine rings is 1. The lowest BCUT2D eigenvalue weighted by Gasteiger charge is -2.33. The van der Waals surface area contributed by atoms with Gasteiger partial charge in [-0.3, -0.25) is 4.79 Å². The Kier molecular flexibility index (Phi) is 5.22. The molecule has 2 aliphatic heterocycles. The lowest BCUT2D eigenvalue weighted by molar-refractivity contribution is -0.183. The summed E-state index contributed by atoms with van der Waals surface area (Å²) in [5, 5.41) is 0. The van der Waals surface area contributed by atoms with Gasteiger partial charge < -0.3 is 9.64 Å². The Morgan fingerprint density at radius 3 is 2.67 bits per heavy atom. The number of likely N-dealkylation sites (tertiary alicyclic amines) is 1. The molecule has 4 nitrogen and oxygen atoms in total. The molecular weight excluding hydrogens is 341 g/mol. The predicted molar refractivity (Wildman–Crippen MR) is 85.3 cm³/mol. The van der Waals surface area contributed by atoms with Crippen LogP contribution >= 0.6 is 11.8 Å². The van der Waals surface area contributed by atoms with Gasteiger partial charge in [-0.05, 0) is 31.1 Å². The van der Waals surface area contributed by atoms with Crippen molar-refractivity contribution >= 4 is 17.7 Å². The van der Waals surface area contributed by atoms with Crippen molar-refractivity contribution in [1.82, 2.24) is 9.88 Å². The van der Waals surface area contributed by atoms with E-state index in [9.17, 15) is 18.0 Å². The van der Waals surface area contributed by atoms with Crippen LogP contribution in [0.2, 0.25) is 0 Å². The first-order valence-corrected chi connectivity index (χ1v) is 9.15. The molecule has 1 amide bonds. The van der Waals surface area contributed by atoms with Gasteiger partial charge in [0.2, 0.25) is 5.88 Å². The SMILES string of the molecule is O=C(c1ccnc(OC2CCSC2)c1)N1CCC(C(F)(F)F)CC1. The Morgan fingerprint density at radius 1 is 1.29 bits per heavy atom. The third-order valence-electron chi connectivity index (χ3n) is 4.40. The zero-order valence-electron chi connectivity index (χ0n) is 13.1. The molecule has 0 radical (unpaired) electrons. The van der Waals surface area contributed by atoms with E-state index in [1.807, 2.05) is 11.8 Å². The van der Waals surface area contributed by atoms with Gasteiger partial charge in [0.05, 0.1) is 5.92 Å². The fourth-order valence-corrected chi connectivity index (χ4v) is 4.07. The Hall–Kier alpha value is -1.44. The molecule has 2 aliphatic rings. The van der Waals surface area contributed by atoms with E-state index < -0.39 is 12.1 Å². The molecule has 1 unspecified atom stereocenters. The molecule has 2 saturated heterocycles. The number of ether oxygens (including phenoxy) is 1. The van der Waals surface area contributed by atoms with Crippen LogP contribution in [-0.4, -0.2) is 52.7 Å². The maximum atomic E-state index is 12.7. The Bertz CT molecular complexity index is 583. The summed E-state index contributed by atoms with van der Waals surface area (Å²) in [6, 6.07) is 3.16. The Morgan fingerprint density at radius 2 is 2.04 bits per heavy atom. The van der Waals surface area contributed by atoms with E-state index in [0.29, 0.717) is 11.4 Å². The minimum absolute atomic E-state index is 0.0387. The first kappa shape index (κ1) is 17.4. The highest BCUT2D eigenvalue weighted by Crippen LogP contribution is 2.34. The lowest BCUT2D eigenvalue weighted by atomic mass is 9.96. The third kappa shape index (κ3) is 4.15. The van der Waals surface area contributed by atoms with Crippen molar-refractivity contribution in [2.45, 2.75) is 31.5 Å². The van der Waals surface area contributed by atoms with E-state index in [2.05, 4.69) is 4.98 Å². The summed E-state index contributed by atoms with van der Waals surface area (Å²) in [5.41, 5.74) is 0.413. The van der Waals surface area contributed by atoms with Gasteiger partial charge in [0.15, 0.2) is 0 Å². The molecule has 3 rings (SSSR count). The number of rotatable bonds is 3. The minimum atomic E-state index is -4.17. The molecule has 0 aliphatic carbocycles. The molecule has 1 aromatic rings. The van der Waals surface area contributed by atoms with Crippen LogP contribution in [0.1, 0.15) is 29.6 Å². The summed E-state index contributed by atoms with van der Waals surface area (Å²) < 4.78 is 43.9. The van der Waals surface area contributed by atoms with Crippen molar-refractivity contribution in [2.24, 2.45) is 5.92 Å². The molecule has 0 spiro atoms. The summed E-state index contributed by atoms with van der Waals surface area (Å²) in [7, 11) is 0. The number of thioether (sulfide) groups is 1. The smallest absolute Gasteiger partial charge is 0.391 e. The van der Waals surface area contributed by atoms with Gasteiger partial charge in [-0.2, -0.15) is 24.9 Å². The number of hydrogen-bond donors (Lipinski definition) is 0. The van der Waals surface area contributed by atoms with Crippen molar-refractivity contribution in [1.29, 1.82) is 0 Å². The molecule has 3 heterocycles. The third-order valence-corrected chi connectivity index (χ3v) is 5.53. The number of piperidine rings is 1. The van der Waals surface area contributed by atoms with Crippen LogP contribution in [0.3, 0.4) is 0 Å². The van der Waals surface area contributed by atoms with Crippen molar-refractivity contribution in [3.05, 3.63) is 23.9 Å². The number of amides is 1. The molecule has 0 bridgehead atoms. The number of carbonyl (C=O) groups excluding carboxylic acids is 1. The van der Waals surface area contributed by atoms with Crippen molar-refractivity contribution in [3.8, 4) is 5.88 Å². The highest BCUT2D eigenvalue weighted by molar-refractivity contribution is 7.99. The van der Waals surface area contributed by atoms with Gasteiger partial charge in [0.25, 0.3) is 5.91 Å². The molecule has 2 fully saturated rings. The average Bonchev–Trinajstić information content (AvgIpc) is 3.07. The second-order valence-electron chi connectivity index (χ2n) is 6.09. The number of nitrogens with zero attached hydrogens (tertiary/aromatic N) is 2. The van der Waals surface area contributed by atoms with Gasteiger partial charge >= 0.3 is 6.18 Å². The van der Waals surface area contributed by atoms with E-state index in [1.54, 1.807) is 12.1 Å². The van der Waals surface area contributed by atoms with Crippen LogP contribution in [0.4, 0.5) is 13.2 Å². The Balaban J connectivity index is 1.61. The van der Waals surface area contributed by atoms with Gasteiger partial charge in [-0.15, -0.1) is 0 Å². The summed E-state index contributed by atoms with van der Waals surface area (Å²) in [6.07, 6.45) is -1.68. The van der Waals surface area contributed by atoms with Crippen LogP contribution in [0, 0.1) is 5.92 Å². The van der Waals surface area contributed by atoms with Gasteiger partial charge in [0, 0.05) is 36.7 Å². The zero-order valence-corrected chi connectivity index (χ0v) is 13.9. The quantitative estimate of drug-likeness (QED) is 0.829. The van der Waals surface area contributed by atoms with E-state index in [4.69, 9.17) is 4.74 Å². The second kappa shape index (κ2) is 7.21. The first-order chi connectivity index (χ1) is 11.4. The molecule has 0 saturated carbocycles. The highest BCUT2D eigenvalue weighted by Gasteiger charge is 2.41. The van der Waals surface area contributed by atoms with Gasteiger partial charge in [-0.1, -0.05) is 0 Å². The number of aromatic nitrogens is 1. The molecule has 1 atom stereocenters. The summed E-state index contributed by atoms with van der Waals surface area (Å²) >= 11 is 1.82. The van der Waals surface area contributed by atoms with Crippen molar-refractivity contribution < 1.29 is 22.7 Å². The average molecular weight is 360 g/mol. The molecule has 0 aromatic carbocycles. The lowest BCUT2D eigenvalue weighted by Crippen LogP contribution is -2.42. The van der Waals surface area contributed by atoms with E-state index in [0.717, 1.165) is 17.9 Å². The number of hydrogen-bond acceptors (Lipinski definition) is 4. The minimum Gasteiger partial charge on any atom is -0.473 e. The van der Waals surface area contributed by atoms with Crippen LogP contribution in [0.15, 0.2) is 18.3 Å². The number of carbonyl (C=O) groups is 1. The number of halogens is 3. The Labute approximate surface area is 142 Å². The number of alkyl halides is 3. The normalized spacial score (nSPS) is 22.6.